The van der Waals surface area contributed by atoms with Crippen LogP contribution in [0.25, 0.3) is 65.7 Å². The molecule has 0 unspecified atom stereocenters. The van der Waals surface area contributed by atoms with Crippen molar-refractivity contribution in [3.63, 3.8) is 0 Å². The summed E-state index contributed by atoms with van der Waals surface area (Å²) in [7, 11) is 0. The highest BCUT2D eigenvalue weighted by Gasteiger charge is 2.18. The van der Waals surface area contributed by atoms with E-state index >= 15 is 0 Å². The Hall–Kier alpha value is -6.12. The first kappa shape index (κ1) is 29.3. The van der Waals surface area contributed by atoms with E-state index < -0.39 is 0 Å². The lowest BCUT2D eigenvalue weighted by molar-refractivity contribution is 0.674. The van der Waals surface area contributed by atoms with Gasteiger partial charge in [0.1, 0.15) is 11.2 Å². The fraction of sp³-hybridized carbons (Fsp3) is 0.0435. The number of anilines is 1. The van der Waals surface area contributed by atoms with Crippen molar-refractivity contribution in [1.82, 2.24) is 0 Å². The lowest BCUT2D eigenvalue weighted by Crippen LogP contribution is -1.94. The van der Waals surface area contributed by atoms with E-state index in [2.05, 4.69) is 153 Å². The number of benzene rings is 8. The highest BCUT2D eigenvalue weighted by atomic mass is 16.3. The summed E-state index contributed by atoms with van der Waals surface area (Å²) >= 11 is 0. The first-order valence-electron chi connectivity index (χ1n) is 16.4. The number of furan rings is 1. The third kappa shape index (κ3) is 5.48. The molecule has 2 heteroatoms. The normalized spacial score (nSPS) is 11.2. The Kier molecular flexibility index (Phi) is 7.68. The van der Waals surface area contributed by atoms with Gasteiger partial charge in [-0.1, -0.05) is 163 Å². The maximum Gasteiger partial charge on any atom is 0.143 e. The molecule has 0 spiro atoms. The number of hydrogen-bond acceptors (Lipinski definition) is 2. The summed E-state index contributed by atoms with van der Waals surface area (Å²) in [4.78, 5) is 0. The molecule has 0 aliphatic rings. The largest absolute Gasteiger partial charge is 0.455 e. The Labute approximate surface area is 280 Å². The molecule has 0 aliphatic carbocycles. The lowest BCUT2D eigenvalue weighted by Gasteiger charge is -2.07. The minimum atomic E-state index is 0.872. The second kappa shape index (κ2) is 12.6. The summed E-state index contributed by atoms with van der Waals surface area (Å²) in [6, 6.07) is 59.5. The molecule has 0 fully saturated rings. The minimum Gasteiger partial charge on any atom is -0.455 e. The van der Waals surface area contributed by atoms with E-state index in [9.17, 15) is 0 Å². The Morgan fingerprint density at radius 1 is 0.458 bits per heavy atom. The first-order valence-corrected chi connectivity index (χ1v) is 16.4. The van der Waals surface area contributed by atoms with Gasteiger partial charge in [0, 0.05) is 27.4 Å². The average molecular weight is 618 g/mol. The van der Waals surface area contributed by atoms with Gasteiger partial charge in [-0.2, -0.15) is 0 Å². The van der Waals surface area contributed by atoms with Crippen molar-refractivity contribution >= 4 is 49.2 Å². The summed E-state index contributed by atoms with van der Waals surface area (Å²) < 4.78 is 6.72. The molecule has 230 valence electrons. The van der Waals surface area contributed by atoms with Crippen molar-refractivity contribution in [1.29, 1.82) is 0 Å². The molecule has 1 heterocycles. The van der Waals surface area contributed by atoms with Gasteiger partial charge in [-0.3, -0.25) is 0 Å². The van der Waals surface area contributed by atoms with Gasteiger partial charge in [0.05, 0.1) is 0 Å². The zero-order valence-electron chi connectivity index (χ0n) is 26.9. The molecule has 2 nitrogen and oxygen atoms in total. The van der Waals surface area contributed by atoms with Crippen LogP contribution in [0.3, 0.4) is 0 Å². The number of nitrogens with two attached hydrogens (primary N) is 1. The van der Waals surface area contributed by atoms with E-state index in [4.69, 9.17) is 10.2 Å². The van der Waals surface area contributed by atoms with Gasteiger partial charge in [0.15, 0.2) is 0 Å². The highest BCUT2D eigenvalue weighted by molar-refractivity contribution is 6.30. The lowest BCUT2D eigenvalue weighted by atomic mass is 9.95. The van der Waals surface area contributed by atoms with Crippen LogP contribution < -0.4 is 5.73 Å². The van der Waals surface area contributed by atoms with Gasteiger partial charge in [0.2, 0.25) is 0 Å². The number of rotatable bonds is 4. The molecule has 0 radical (unpaired) electrons. The summed E-state index contributed by atoms with van der Waals surface area (Å²) in [5.41, 5.74) is 17.1. The maximum atomic E-state index is 6.72. The van der Waals surface area contributed by atoms with Crippen LogP contribution in [-0.4, -0.2) is 0 Å². The predicted octanol–water partition coefficient (Wildman–Crippen LogP) is 12.4. The number of nitrogen functional groups attached to an aromatic ring is 1. The van der Waals surface area contributed by atoms with Gasteiger partial charge >= 0.3 is 0 Å². The molecule has 0 saturated carbocycles. The van der Waals surface area contributed by atoms with E-state index in [-0.39, 0.29) is 0 Å². The number of hydrogen-bond donors (Lipinski definition) is 1. The summed E-state index contributed by atoms with van der Waals surface area (Å²) in [5.74, 6) is 0. The fourth-order valence-corrected chi connectivity index (χ4v) is 6.86. The molecule has 0 amide bonds. The average Bonchev–Trinajstić information content (AvgIpc) is 3.54. The summed E-state index contributed by atoms with van der Waals surface area (Å²) in [5, 5.41) is 7.25. The van der Waals surface area contributed by atoms with Crippen molar-refractivity contribution in [2.45, 2.75) is 13.3 Å². The van der Waals surface area contributed by atoms with Crippen LogP contribution in [0, 0.1) is 6.92 Å². The van der Waals surface area contributed by atoms with Gasteiger partial charge in [0.25, 0.3) is 0 Å². The van der Waals surface area contributed by atoms with E-state index in [0.717, 1.165) is 45.2 Å². The Morgan fingerprint density at radius 3 is 1.81 bits per heavy atom. The van der Waals surface area contributed by atoms with Gasteiger partial charge in [-0.05, 0) is 69.5 Å². The van der Waals surface area contributed by atoms with Crippen LogP contribution in [0.1, 0.15) is 16.7 Å². The zero-order valence-corrected chi connectivity index (χ0v) is 26.9. The van der Waals surface area contributed by atoms with Crippen LogP contribution >= 0.6 is 0 Å². The molecular weight excluding hydrogens is 583 g/mol. The quantitative estimate of drug-likeness (QED) is 0.158. The molecule has 2 N–H and O–H groups in total. The fourth-order valence-electron chi connectivity index (χ4n) is 6.86. The molecule has 0 saturated heterocycles. The van der Waals surface area contributed by atoms with Crippen molar-refractivity contribution in [3.05, 3.63) is 187 Å². The Morgan fingerprint density at radius 2 is 1.04 bits per heavy atom. The molecule has 8 aromatic carbocycles. The highest BCUT2D eigenvalue weighted by Crippen LogP contribution is 2.43. The summed E-state index contributed by atoms with van der Waals surface area (Å²) in [6.07, 6.45) is 0.910. The molecule has 9 aromatic rings. The molecule has 9 rings (SSSR count). The molecule has 0 bridgehead atoms. The molecular formula is C46H35NO. The molecule has 0 aliphatic heterocycles. The van der Waals surface area contributed by atoms with Crippen molar-refractivity contribution in [2.75, 3.05) is 5.73 Å². The minimum absolute atomic E-state index is 0.872. The van der Waals surface area contributed by atoms with Crippen molar-refractivity contribution in [2.24, 2.45) is 0 Å². The van der Waals surface area contributed by atoms with Crippen molar-refractivity contribution < 1.29 is 4.42 Å². The first-order chi connectivity index (χ1) is 23.6. The second-order valence-electron chi connectivity index (χ2n) is 12.4. The number of aryl methyl sites for hydroxylation is 1. The third-order valence-electron chi connectivity index (χ3n) is 9.19. The van der Waals surface area contributed by atoms with Gasteiger partial charge < -0.3 is 10.2 Å². The van der Waals surface area contributed by atoms with E-state index in [1.165, 1.54) is 49.4 Å². The van der Waals surface area contributed by atoms with Crippen LogP contribution in [0.5, 0.6) is 0 Å². The van der Waals surface area contributed by atoms with Crippen molar-refractivity contribution in [3.8, 4) is 22.3 Å². The Balaban J connectivity index is 0.000000202. The number of fused-ring (bicyclic) bond motifs is 8. The molecule has 0 atom stereocenters. The van der Waals surface area contributed by atoms with Crippen LogP contribution in [0.15, 0.2) is 174 Å². The maximum absolute atomic E-state index is 6.72. The van der Waals surface area contributed by atoms with Crippen LogP contribution in [-0.2, 0) is 6.42 Å². The molecule has 1 aromatic heterocycles. The van der Waals surface area contributed by atoms with Gasteiger partial charge in [-0.25, -0.2) is 0 Å². The molecule has 48 heavy (non-hydrogen) atoms. The second-order valence-corrected chi connectivity index (χ2v) is 12.4. The summed E-state index contributed by atoms with van der Waals surface area (Å²) in [6.45, 7) is 2.14. The van der Waals surface area contributed by atoms with E-state index in [1.807, 2.05) is 24.3 Å². The topological polar surface area (TPSA) is 39.2 Å². The van der Waals surface area contributed by atoms with E-state index in [1.54, 1.807) is 0 Å². The van der Waals surface area contributed by atoms with Gasteiger partial charge in [-0.15, -0.1) is 0 Å². The third-order valence-corrected chi connectivity index (χ3v) is 9.19. The van der Waals surface area contributed by atoms with E-state index in [0.29, 0.717) is 0 Å². The zero-order chi connectivity index (χ0) is 32.5. The Bertz CT molecular complexity index is 2560. The number of para-hydroxylation sites is 2. The standard InChI is InChI=1S/C33H22O.C13H13N/c1-21-9-6-10-22(19-21)23-11-7-12-24(20-23)25-17-8-18-30-31-28-15-4-2-13-26(28)27-14-3-5-16-29(27)33(31)34-32(25)30;14-13-9-5-4-8-12(13)10-11-6-2-1-3-7-11/h2-20H,1H3;1-9H,10,14H2. The monoisotopic (exact) mass is 617 g/mol. The smallest absolute Gasteiger partial charge is 0.143 e. The predicted molar refractivity (Wildman–Crippen MR) is 204 cm³/mol. The van der Waals surface area contributed by atoms with Crippen LogP contribution in [0.4, 0.5) is 5.69 Å². The van der Waals surface area contributed by atoms with Crippen LogP contribution in [0.2, 0.25) is 0 Å². The SMILES string of the molecule is Cc1cccc(-c2cccc(-c3cccc4c3oc3c5ccccc5c5ccccc5c43)c2)c1.Nc1ccccc1Cc1ccccc1.